The summed E-state index contributed by atoms with van der Waals surface area (Å²) in [5.74, 6) is -3.55. The maximum atomic E-state index is 14.5. The molecular weight excluding hydrogens is 461 g/mol. The van der Waals surface area contributed by atoms with Gasteiger partial charge in [-0.3, -0.25) is 9.78 Å². The summed E-state index contributed by atoms with van der Waals surface area (Å²) in [6.45, 7) is 7.54. The number of aromatic nitrogens is 1. The Labute approximate surface area is 190 Å². The molecule has 4 nitrogen and oxygen atoms in total. The number of carbonyl (C=O) groups is 1. The van der Waals surface area contributed by atoms with Crippen LogP contribution >= 0.6 is 0 Å². The third-order valence-corrected chi connectivity index (χ3v) is 7.49. The molecule has 0 bridgehead atoms. The molecule has 1 aliphatic rings. The quantitative estimate of drug-likeness (QED) is 0.196. The van der Waals surface area contributed by atoms with E-state index in [9.17, 15) is 26.7 Å². The highest BCUT2D eigenvalue weighted by molar-refractivity contribution is 6.76. The number of hydrogen-bond acceptors (Lipinski definition) is 4. The molecular formula is C23H26F5NO3Si. The van der Waals surface area contributed by atoms with Gasteiger partial charge in [0.2, 0.25) is 0 Å². The van der Waals surface area contributed by atoms with E-state index in [4.69, 9.17) is 9.47 Å². The monoisotopic (exact) mass is 487 g/mol. The minimum Gasteiger partial charge on any atom is -0.461 e. The number of nitrogens with zero attached hydrogens (tertiary/aromatic N) is 1. The second-order valence-electron chi connectivity index (χ2n) is 9.60. The predicted molar refractivity (Wildman–Crippen MR) is 116 cm³/mol. The first-order chi connectivity index (χ1) is 15.2. The topological polar surface area (TPSA) is 48.4 Å². The summed E-state index contributed by atoms with van der Waals surface area (Å²) in [7, 11) is -1.30. The molecule has 1 aromatic heterocycles. The molecule has 0 fully saturated rings. The summed E-state index contributed by atoms with van der Waals surface area (Å²) < 4.78 is 79.6. The van der Waals surface area contributed by atoms with Crippen LogP contribution in [0.4, 0.5) is 22.0 Å². The van der Waals surface area contributed by atoms with Crippen LogP contribution in [0.25, 0.3) is 11.3 Å². The fraction of sp³-hybridized carbons (Fsp3) is 0.478. The van der Waals surface area contributed by atoms with E-state index in [1.807, 2.05) is 0 Å². The van der Waals surface area contributed by atoms with Gasteiger partial charge in [0.15, 0.2) is 30.0 Å². The highest BCUT2D eigenvalue weighted by Crippen LogP contribution is 2.47. The zero-order chi connectivity index (χ0) is 24.6. The fourth-order valence-electron chi connectivity index (χ4n) is 3.49. The maximum absolute atomic E-state index is 14.5. The first-order valence-corrected chi connectivity index (χ1v) is 14.2. The number of aryl methyl sites for hydroxylation is 1. The Balaban J connectivity index is 1.77. The lowest BCUT2D eigenvalue weighted by Crippen LogP contribution is -2.45. The van der Waals surface area contributed by atoms with Gasteiger partial charge in [0.05, 0.1) is 11.4 Å². The molecule has 180 valence electrons. The molecule has 1 atom stereocenters. The minimum absolute atomic E-state index is 0.0775. The minimum atomic E-state index is -4.68. The number of pyridine rings is 1. The highest BCUT2D eigenvalue weighted by atomic mass is 28.3. The summed E-state index contributed by atoms with van der Waals surface area (Å²) in [6, 6.07) is 5.46. The Kier molecular flexibility index (Phi) is 7.00. The molecule has 1 aliphatic carbocycles. The number of alkyl halides is 3. The lowest BCUT2D eigenvalue weighted by Gasteiger charge is -2.34. The number of ether oxygens (including phenoxy) is 2. The average molecular weight is 488 g/mol. The van der Waals surface area contributed by atoms with E-state index >= 15 is 0 Å². The average Bonchev–Trinajstić information content (AvgIpc) is 2.70. The van der Waals surface area contributed by atoms with Crippen molar-refractivity contribution in [3.05, 3.63) is 47.2 Å². The Hall–Kier alpha value is -2.33. The molecule has 0 radical (unpaired) electrons. The zero-order valence-electron chi connectivity index (χ0n) is 18.9. The lowest BCUT2D eigenvalue weighted by molar-refractivity contribution is -0.201. The van der Waals surface area contributed by atoms with E-state index < -0.39 is 49.3 Å². The second-order valence-corrected chi connectivity index (χ2v) is 15.2. The van der Waals surface area contributed by atoms with Crippen molar-refractivity contribution in [2.24, 2.45) is 5.41 Å². The van der Waals surface area contributed by atoms with Gasteiger partial charge >= 0.3 is 6.18 Å². The Morgan fingerprint density at radius 2 is 1.76 bits per heavy atom. The molecule has 3 rings (SSSR count). The third kappa shape index (κ3) is 5.43. The summed E-state index contributed by atoms with van der Waals surface area (Å²) in [5.41, 5.74) is -2.20. The molecule has 0 amide bonds. The van der Waals surface area contributed by atoms with Gasteiger partial charge in [0, 0.05) is 25.8 Å². The zero-order valence-corrected chi connectivity index (χ0v) is 19.9. The summed E-state index contributed by atoms with van der Waals surface area (Å²) >= 11 is 0. The van der Waals surface area contributed by atoms with Crippen molar-refractivity contribution in [3.8, 4) is 17.0 Å². The number of ketones is 1. The lowest BCUT2D eigenvalue weighted by atomic mass is 9.72. The molecule has 1 heterocycles. The first-order valence-electron chi connectivity index (χ1n) is 10.5. The first kappa shape index (κ1) is 25.3. The molecule has 0 spiro atoms. The largest absolute Gasteiger partial charge is 0.461 e. The van der Waals surface area contributed by atoms with E-state index in [1.165, 1.54) is 12.1 Å². The van der Waals surface area contributed by atoms with Crippen LogP contribution in [0.15, 0.2) is 24.3 Å². The van der Waals surface area contributed by atoms with Gasteiger partial charge in [0.1, 0.15) is 5.41 Å². The van der Waals surface area contributed by atoms with Gasteiger partial charge in [0.25, 0.3) is 0 Å². The van der Waals surface area contributed by atoms with Crippen LogP contribution in [0.2, 0.25) is 25.7 Å². The van der Waals surface area contributed by atoms with Crippen molar-refractivity contribution in [1.29, 1.82) is 0 Å². The molecule has 33 heavy (non-hydrogen) atoms. The number of carbonyl (C=O) groups excluding carboxylic acids is 1. The number of Topliss-reactive ketones (excluding diaryl/α,β-unsaturated/α-hetero) is 1. The van der Waals surface area contributed by atoms with Gasteiger partial charge in [-0.1, -0.05) is 19.6 Å². The van der Waals surface area contributed by atoms with E-state index in [1.54, 1.807) is 0 Å². The third-order valence-electron chi connectivity index (χ3n) is 5.78. The number of rotatable bonds is 7. The van der Waals surface area contributed by atoms with E-state index in [0.717, 1.165) is 25.1 Å². The van der Waals surface area contributed by atoms with Gasteiger partial charge in [-0.2, -0.15) is 13.2 Å². The molecule has 0 saturated heterocycles. The maximum Gasteiger partial charge on any atom is 0.401 e. The molecule has 1 unspecified atom stereocenters. The second kappa shape index (κ2) is 9.13. The number of fused-ring (bicyclic) bond motifs is 1. The number of hydrogen-bond donors (Lipinski definition) is 0. The van der Waals surface area contributed by atoms with Crippen molar-refractivity contribution in [2.45, 2.75) is 51.6 Å². The van der Waals surface area contributed by atoms with Crippen molar-refractivity contribution in [3.63, 3.8) is 0 Å². The molecule has 0 aliphatic heterocycles. The van der Waals surface area contributed by atoms with Crippen LogP contribution in [0, 0.1) is 17.0 Å². The Morgan fingerprint density at radius 3 is 2.33 bits per heavy atom. The van der Waals surface area contributed by atoms with Crippen LogP contribution in [-0.2, 0) is 11.2 Å². The molecule has 0 saturated carbocycles. The van der Waals surface area contributed by atoms with E-state index in [2.05, 4.69) is 24.6 Å². The van der Waals surface area contributed by atoms with Crippen molar-refractivity contribution in [1.82, 2.24) is 4.98 Å². The van der Waals surface area contributed by atoms with Crippen molar-refractivity contribution >= 4 is 13.9 Å². The van der Waals surface area contributed by atoms with Crippen molar-refractivity contribution < 1.29 is 36.2 Å². The van der Waals surface area contributed by atoms with Gasteiger partial charge in [-0.05, 0) is 50.1 Å². The molecule has 2 aromatic rings. The van der Waals surface area contributed by atoms with E-state index in [-0.39, 0.29) is 35.7 Å². The molecule has 10 heteroatoms. The summed E-state index contributed by atoms with van der Waals surface area (Å²) in [6.07, 6.45) is -5.20. The molecule has 1 aromatic carbocycles. The van der Waals surface area contributed by atoms with Crippen molar-refractivity contribution in [2.75, 3.05) is 13.4 Å². The summed E-state index contributed by atoms with van der Waals surface area (Å²) in [4.78, 5) is 16.7. The number of halogens is 5. The SMILES string of the molecule is CC1(C(F)(F)F)CCc2nc(-c3cc(F)c(OCOCC[Si](C)(C)C)c(F)c3)ccc2C1=O. The van der Waals surface area contributed by atoms with Crippen LogP contribution in [0.3, 0.4) is 0 Å². The van der Waals surface area contributed by atoms with E-state index in [0.29, 0.717) is 6.61 Å². The van der Waals surface area contributed by atoms with Crippen LogP contribution < -0.4 is 4.74 Å². The number of benzene rings is 1. The van der Waals surface area contributed by atoms with Gasteiger partial charge in [-0.15, -0.1) is 0 Å². The summed E-state index contributed by atoms with van der Waals surface area (Å²) in [5, 5.41) is 0. The van der Waals surface area contributed by atoms with Crippen LogP contribution in [0.1, 0.15) is 29.4 Å². The standard InChI is InChI=1S/C23H26F5NO3Si/c1-22(23(26,27)28)8-7-19-15(21(22)30)5-6-18(29-19)14-11-16(24)20(17(25)12-14)32-13-31-9-10-33(2,3)4/h5-6,11-12H,7-10,13H2,1-4H3. The fourth-order valence-corrected chi connectivity index (χ4v) is 4.25. The molecule has 0 N–H and O–H groups in total. The van der Waals surface area contributed by atoms with Gasteiger partial charge < -0.3 is 9.47 Å². The Morgan fingerprint density at radius 1 is 1.12 bits per heavy atom. The van der Waals surface area contributed by atoms with Gasteiger partial charge in [-0.25, -0.2) is 8.78 Å². The highest BCUT2D eigenvalue weighted by Gasteiger charge is 2.58. The predicted octanol–water partition coefficient (Wildman–Crippen LogP) is 6.42. The Bertz CT molecular complexity index is 1030. The normalized spacial score (nSPS) is 18.9. The van der Waals surface area contributed by atoms with Crippen LogP contribution in [-0.4, -0.2) is 38.4 Å². The smallest absolute Gasteiger partial charge is 0.401 e. The van der Waals surface area contributed by atoms with Crippen LogP contribution in [0.5, 0.6) is 5.75 Å².